The first kappa shape index (κ1) is 17.4. The molecule has 0 spiro atoms. The van der Waals surface area contributed by atoms with Crippen LogP contribution in [0.15, 0.2) is 45.5 Å². The van der Waals surface area contributed by atoms with Crippen molar-refractivity contribution >= 4 is 28.3 Å². The topological polar surface area (TPSA) is 85.8 Å². The average molecular weight is 381 g/mol. The minimum atomic E-state index is -0.0349. The number of nitrogens with zero attached hydrogens (tertiary/aromatic N) is 4. The van der Waals surface area contributed by atoms with Gasteiger partial charge in [-0.25, -0.2) is 4.98 Å². The van der Waals surface area contributed by atoms with Crippen molar-refractivity contribution in [2.24, 2.45) is 0 Å². The van der Waals surface area contributed by atoms with E-state index in [1.165, 1.54) is 0 Å². The maximum atomic E-state index is 12.1. The molecule has 0 aliphatic carbocycles. The average Bonchev–Trinajstić information content (AvgIpc) is 3.40. The van der Waals surface area contributed by atoms with E-state index in [0.29, 0.717) is 37.7 Å². The molecule has 0 fully saturated rings. The van der Waals surface area contributed by atoms with E-state index in [9.17, 15) is 4.79 Å². The van der Waals surface area contributed by atoms with Gasteiger partial charge >= 0.3 is 0 Å². The zero-order valence-corrected chi connectivity index (χ0v) is 15.7. The molecular formula is C19H19N5O2S. The van der Waals surface area contributed by atoms with Crippen LogP contribution in [0.5, 0.6) is 0 Å². The Morgan fingerprint density at radius 2 is 2.15 bits per heavy atom. The second-order valence-corrected chi connectivity index (χ2v) is 6.94. The Balaban J connectivity index is 1.27. The number of benzene rings is 1. The van der Waals surface area contributed by atoms with Crippen LogP contribution < -0.4 is 5.32 Å². The SMILES string of the molecule is Cc1nc2ccccc2n1CCNC(=O)CCc1nnc(-c2ccsc2)o1. The Morgan fingerprint density at radius 1 is 1.26 bits per heavy atom. The molecule has 8 heteroatoms. The molecule has 4 aromatic rings. The molecule has 4 rings (SSSR count). The Kier molecular flexibility index (Phi) is 4.97. The van der Waals surface area contributed by atoms with Crippen molar-refractivity contribution in [1.29, 1.82) is 0 Å². The minimum absolute atomic E-state index is 0.0349. The van der Waals surface area contributed by atoms with Gasteiger partial charge in [0.25, 0.3) is 0 Å². The van der Waals surface area contributed by atoms with Crippen LogP contribution in [0.4, 0.5) is 0 Å². The van der Waals surface area contributed by atoms with Gasteiger partial charge in [-0.3, -0.25) is 4.79 Å². The number of nitrogens with one attached hydrogen (secondary N) is 1. The standard InChI is InChI=1S/C19H19N5O2S/c1-13-21-15-4-2-3-5-16(15)24(13)10-9-20-17(25)6-7-18-22-23-19(26-18)14-8-11-27-12-14/h2-5,8,11-12H,6-7,9-10H2,1H3,(H,20,25). The first-order valence-corrected chi connectivity index (χ1v) is 9.68. The monoisotopic (exact) mass is 381 g/mol. The Morgan fingerprint density at radius 3 is 3.00 bits per heavy atom. The van der Waals surface area contributed by atoms with Crippen LogP contribution in [0.2, 0.25) is 0 Å². The molecule has 1 N–H and O–H groups in total. The third-order valence-corrected chi connectivity index (χ3v) is 4.99. The highest BCUT2D eigenvalue weighted by molar-refractivity contribution is 7.08. The fourth-order valence-electron chi connectivity index (χ4n) is 2.95. The summed E-state index contributed by atoms with van der Waals surface area (Å²) in [5.74, 6) is 1.88. The van der Waals surface area contributed by atoms with Gasteiger partial charge in [-0.05, 0) is 30.5 Å². The van der Waals surface area contributed by atoms with Crippen LogP contribution in [0, 0.1) is 6.92 Å². The van der Waals surface area contributed by atoms with Crippen molar-refractivity contribution in [3.63, 3.8) is 0 Å². The fourth-order valence-corrected chi connectivity index (χ4v) is 3.58. The number of aryl methyl sites for hydroxylation is 2. The first-order valence-electron chi connectivity index (χ1n) is 8.74. The van der Waals surface area contributed by atoms with Crippen molar-refractivity contribution in [1.82, 2.24) is 25.1 Å². The molecule has 0 saturated heterocycles. The zero-order valence-electron chi connectivity index (χ0n) is 14.9. The summed E-state index contributed by atoms with van der Waals surface area (Å²) < 4.78 is 7.71. The first-order chi connectivity index (χ1) is 13.2. The third kappa shape index (κ3) is 3.90. The maximum Gasteiger partial charge on any atom is 0.248 e. The number of hydrogen-bond donors (Lipinski definition) is 1. The molecule has 27 heavy (non-hydrogen) atoms. The summed E-state index contributed by atoms with van der Waals surface area (Å²) in [5.41, 5.74) is 2.96. The number of carbonyl (C=O) groups excluding carboxylic acids is 1. The van der Waals surface area contributed by atoms with Gasteiger partial charge in [-0.1, -0.05) is 12.1 Å². The normalized spacial score (nSPS) is 11.1. The van der Waals surface area contributed by atoms with Gasteiger partial charge in [0.15, 0.2) is 0 Å². The molecule has 0 aliphatic heterocycles. The number of carbonyl (C=O) groups is 1. The zero-order chi connectivity index (χ0) is 18.6. The summed E-state index contributed by atoms with van der Waals surface area (Å²) in [4.78, 5) is 16.6. The molecule has 138 valence electrons. The molecule has 1 amide bonds. The largest absolute Gasteiger partial charge is 0.421 e. The van der Waals surface area contributed by atoms with E-state index in [4.69, 9.17) is 4.42 Å². The lowest BCUT2D eigenvalue weighted by molar-refractivity contribution is -0.121. The fraction of sp³-hybridized carbons (Fsp3) is 0.263. The van der Waals surface area contributed by atoms with Crippen LogP contribution in [0.25, 0.3) is 22.5 Å². The van der Waals surface area contributed by atoms with E-state index >= 15 is 0 Å². The predicted octanol–water partition coefficient (Wildman–Crippen LogP) is 3.21. The third-order valence-electron chi connectivity index (χ3n) is 4.30. The number of amides is 1. The van der Waals surface area contributed by atoms with E-state index in [-0.39, 0.29) is 5.91 Å². The number of fused-ring (bicyclic) bond motifs is 1. The van der Waals surface area contributed by atoms with Crippen molar-refractivity contribution < 1.29 is 9.21 Å². The summed E-state index contributed by atoms with van der Waals surface area (Å²) in [5, 5.41) is 14.9. The molecule has 1 aromatic carbocycles. The Bertz CT molecular complexity index is 1050. The lowest BCUT2D eigenvalue weighted by Gasteiger charge is -2.08. The van der Waals surface area contributed by atoms with Gasteiger partial charge in [0, 0.05) is 36.9 Å². The van der Waals surface area contributed by atoms with Crippen LogP contribution in [0.1, 0.15) is 18.1 Å². The van der Waals surface area contributed by atoms with Gasteiger partial charge in [0.1, 0.15) is 5.82 Å². The number of rotatable bonds is 7. The quantitative estimate of drug-likeness (QED) is 0.531. The summed E-state index contributed by atoms with van der Waals surface area (Å²) in [7, 11) is 0. The highest BCUT2D eigenvalue weighted by atomic mass is 32.1. The lowest BCUT2D eigenvalue weighted by atomic mass is 10.3. The van der Waals surface area contributed by atoms with Gasteiger partial charge in [-0.15, -0.1) is 10.2 Å². The number of thiophene rings is 1. The van der Waals surface area contributed by atoms with E-state index in [0.717, 1.165) is 22.4 Å². The number of para-hydroxylation sites is 2. The van der Waals surface area contributed by atoms with Crippen molar-refractivity contribution in [2.75, 3.05) is 6.54 Å². The Hall–Kier alpha value is -3.00. The lowest BCUT2D eigenvalue weighted by Crippen LogP contribution is -2.27. The van der Waals surface area contributed by atoms with Crippen LogP contribution in [-0.2, 0) is 17.8 Å². The van der Waals surface area contributed by atoms with Gasteiger partial charge in [0.2, 0.25) is 17.7 Å². The molecule has 0 unspecified atom stereocenters. The molecule has 0 aliphatic rings. The van der Waals surface area contributed by atoms with Crippen LogP contribution >= 0.6 is 11.3 Å². The highest BCUT2D eigenvalue weighted by Gasteiger charge is 2.11. The van der Waals surface area contributed by atoms with Gasteiger partial charge in [0.05, 0.1) is 11.0 Å². The smallest absolute Gasteiger partial charge is 0.248 e. The second kappa shape index (κ2) is 7.71. The van der Waals surface area contributed by atoms with Crippen molar-refractivity contribution in [2.45, 2.75) is 26.3 Å². The number of hydrogen-bond acceptors (Lipinski definition) is 6. The van der Waals surface area contributed by atoms with Crippen molar-refractivity contribution in [3.8, 4) is 11.5 Å². The van der Waals surface area contributed by atoms with Gasteiger partial charge < -0.3 is 14.3 Å². The highest BCUT2D eigenvalue weighted by Crippen LogP contribution is 2.20. The van der Waals surface area contributed by atoms with Gasteiger partial charge in [-0.2, -0.15) is 11.3 Å². The maximum absolute atomic E-state index is 12.1. The summed E-state index contributed by atoms with van der Waals surface area (Å²) >= 11 is 1.57. The number of imidazole rings is 1. The molecule has 0 bridgehead atoms. The van der Waals surface area contributed by atoms with E-state index < -0.39 is 0 Å². The van der Waals surface area contributed by atoms with Crippen LogP contribution in [-0.4, -0.2) is 32.2 Å². The molecule has 0 atom stereocenters. The molecule has 3 heterocycles. The summed E-state index contributed by atoms with van der Waals surface area (Å²) in [6, 6.07) is 9.93. The molecule has 0 saturated carbocycles. The molecule has 7 nitrogen and oxygen atoms in total. The molecule has 3 aromatic heterocycles. The van der Waals surface area contributed by atoms with E-state index in [1.807, 2.05) is 48.0 Å². The molecule has 0 radical (unpaired) electrons. The second-order valence-electron chi connectivity index (χ2n) is 6.16. The van der Waals surface area contributed by atoms with E-state index in [1.54, 1.807) is 11.3 Å². The summed E-state index contributed by atoms with van der Waals surface area (Å²) in [6.45, 7) is 3.20. The predicted molar refractivity (Wildman–Crippen MR) is 103 cm³/mol. The summed E-state index contributed by atoms with van der Waals surface area (Å²) in [6.07, 6.45) is 0.741. The molecular weight excluding hydrogens is 362 g/mol. The van der Waals surface area contributed by atoms with Crippen LogP contribution in [0.3, 0.4) is 0 Å². The van der Waals surface area contributed by atoms with E-state index in [2.05, 4.69) is 25.1 Å². The Labute approximate surface area is 160 Å². The minimum Gasteiger partial charge on any atom is -0.421 e. The number of aromatic nitrogens is 4. The van der Waals surface area contributed by atoms with Crippen molar-refractivity contribution in [3.05, 3.63) is 52.8 Å².